The molecule has 0 saturated carbocycles. The van der Waals surface area contributed by atoms with E-state index in [2.05, 4.69) is 20.4 Å². The number of carbonyl (C=O) groups is 2. The number of aromatic hydroxyl groups is 2. The van der Waals surface area contributed by atoms with Gasteiger partial charge in [0.25, 0.3) is 0 Å². The summed E-state index contributed by atoms with van der Waals surface area (Å²) in [6.45, 7) is 9.82. The summed E-state index contributed by atoms with van der Waals surface area (Å²) in [7, 11) is 3.16. The Morgan fingerprint density at radius 3 is 2.20 bits per heavy atom. The van der Waals surface area contributed by atoms with Gasteiger partial charge in [0, 0.05) is 81.4 Å². The van der Waals surface area contributed by atoms with Crippen LogP contribution in [-0.4, -0.2) is 115 Å². The second kappa shape index (κ2) is 22.1. The number of ketones is 2. The van der Waals surface area contributed by atoms with Crippen molar-refractivity contribution in [3.63, 3.8) is 0 Å². The molecule has 3 aliphatic carbocycles. The highest BCUT2D eigenvalue weighted by Gasteiger charge is 2.44. The number of carbonyl (C=O) groups excluding carboxylic acids is 2. The third-order valence-corrected chi connectivity index (χ3v) is 10.8. The SMILES string of the molecule is CC.CC#N.COC1=C2C(=O)c3c(O)c4c(c(O)c3C(=O)C2=CCC1)CC(/C(=C\OO)N1CC2CCC(C1)N2)CC4.COC1CCCCO1.OC1COCCN1. The van der Waals surface area contributed by atoms with E-state index >= 15 is 0 Å². The monoisotopic (exact) mass is 784 g/mol. The van der Waals surface area contributed by atoms with Crippen LogP contribution in [0.15, 0.2) is 34.9 Å². The number of hydrogen-bond acceptors (Lipinski definition) is 15. The number of methoxy groups -OCH3 is 2. The minimum atomic E-state index is -0.490. The minimum absolute atomic E-state index is 0.0868. The summed E-state index contributed by atoms with van der Waals surface area (Å²) in [4.78, 5) is 33.7. The molecular weight excluding hydrogens is 724 g/mol. The number of ether oxygens (including phenoxy) is 4. The number of allylic oxidation sites excluding steroid dienone is 5. The van der Waals surface area contributed by atoms with Crippen molar-refractivity contribution in [3.8, 4) is 17.6 Å². The van der Waals surface area contributed by atoms with Gasteiger partial charge in [-0.3, -0.25) is 14.9 Å². The van der Waals surface area contributed by atoms with Crippen LogP contribution in [-0.2, 0) is 36.7 Å². The summed E-state index contributed by atoms with van der Waals surface area (Å²) in [5.74, 6) is -1.10. The Hall–Kier alpha value is -4.01. The van der Waals surface area contributed by atoms with E-state index in [9.17, 15) is 25.1 Å². The third kappa shape index (κ3) is 10.5. The van der Waals surface area contributed by atoms with Gasteiger partial charge in [-0.25, -0.2) is 5.26 Å². The van der Waals surface area contributed by atoms with Gasteiger partial charge < -0.3 is 49.4 Å². The number of nitrogens with one attached hydrogen (secondary N) is 2. The molecule has 8 rings (SSSR count). The molecule has 7 aliphatic rings. The molecule has 4 aliphatic heterocycles. The van der Waals surface area contributed by atoms with Crippen LogP contribution in [0.25, 0.3) is 0 Å². The number of phenols is 2. The van der Waals surface area contributed by atoms with E-state index in [-0.39, 0.29) is 46.0 Å². The van der Waals surface area contributed by atoms with Gasteiger partial charge in [0.05, 0.1) is 48.8 Å². The third-order valence-electron chi connectivity index (χ3n) is 10.8. The molecule has 1 aromatic carbocycles. The Labute approximate surface area is 329 Å². The fourth-order valence-electron chi connectivity index (χ4n) is 8.26. The van der Waals surface area contributed by atoms with Crippen LogP contribution in [0, 0.1) is 17.2 Å². The first kappa shape index (κ1) is 44.7. The van der Waals surface area contributed by atoms with Crippen molar-refractivity contribution < 1.29 is 54.0 Å². The molecule has 0 amide bonds. The molecule has 15 heteroatoms. The van der Waals surface area contributed by atoms with Crippen molar-refractivity contribution in [3.05, 3.63) is 57.2 Å². The van der Waals surface area contributed by atoms with Crippen molar-refractivity contribution >= 4 is 11.6 Å². The van der Waals surface area contributed by atoms with Crippen molar-refractivity contribution in [2.75, 3.05) is 53.7 Å². The molecular formula is C41H60N4O11. The molecule has 4 saturated heterocycles. The summed E-state index contributed by atoms with van der Waals surface area (Å²) in [6.07, 6.45) is 10.9. The number of phenolic OH excluding ortho intramolecular Hbond substituents is 2. The molecule has 4 heterocycles. The first-order chi connectivity index (χ1) is 27.2. The summed E-state index contributed by atoms with van der Waals surface area (Å²) in [5.41, 5.74) is 1.95. The van der Waals surface area contributed by atoms with Crippen LogP contribution in [0.1, 0.15) is 104 Å². The molecule has 15 nitrogen and oxygen atoms in total. The normalized spacial score (nSPS) is 26.3. The van der Waals surface area contributed by atoms with Crippen LogP contribution in [0.5, 0.6) is 11.5 Å². The molecule has 6 N–H and O–H groups in total. The zero-order valence-corrected chi connectivity index (χ0v) is 33.4. The quantitative estimate of drug-likeness (QED) is 0.104. The molecule has 2 bridgehead atoms. The lowest BCUT2D eigenvalue weighted by atomic mass is 9.73. The summed E-state index contributed by atoms with van der Waals surface area (Å²) >= 11 is 0. The number of fused-ring (bicyclic) bond motifs is 5. The molecule has 0 spiro atoms. The van der Waals surface area contributed by atoms with Crippen molar-refractivity contribution in [1.82, 2.24) is 15.5 Å². The van der Waals surface area contributed by atoms with E-state index < -0.39 is 17.8 Å². The number of hydrogen-bond donors (Lipinski definition) is 6. The molecule has 5 unspecified atom stereocenters. The fraction of sp³-hybridized carbons (Fsp3) is 0.634. The van der Waals surface area contributed by atoms with Crippen molar-refractivity contribution in [1.29, 1.82) is 5.26 Å². The number of rotatable bonds is 5. The summed E-state index contributed by atoms with van der Waals surface area (Å²) in [5, 5.41) is 54.3. The maximum absolute atomic E-state index is 13.5. The Kier molecular flexibility index (Phi) is 17.6. The van der Waals surface area contributed by atoms with Crippen LogP contribution < -0.4 is 10.6 Å². The number of Topliss-reactive ketones (excluding diaryl/α,β-unsaturated/α-hetero) is 2. The lowest BCUT2D eigenvalue weighted by Gasteiger charge is -2.40. The van der Waals surface area contributed by atoms with E-state index in [4.69, 9.17) is 29.3 Å². The van der Waals surface area contributed by atoms with Gasteiger partial charge in [0.1, 0.15) is 29.7 Å². The lowest BCUT2D eigenvalue weighted by molar-refractivity contribution is -0.189. The second-order valence-electron chi connectivity index (χ2n) is 14.2. The zero-order valence-electron chi connectivity index (χ0n) is 33.4. The van der Waals surface area contributed by atoms with Crippen LogP contribution in [0.4, 0.5) is 0 Å². The fourth-order valence-corrected chi connectivity index (χ4v) is 8.26. The first-order valence-corrected chi connectivity index (χ1v) is 19.8. The Morgan fingerprint density at radius 2 is 1.66 bits per heavy atom. The highest BCUT2D eigenvalue weighted by Crippen LogP contribution is 2.49. The molecule has 56 heavy (non-hydrogen) atoms. The topological polar surface area (TPSA) is 212 Å². The van der Waals surface area contributed by atoms with Crippen molar-refractivity contribution in [2.45, 2.75) is 110 Å². The first-order valence-electron chi connectivity index (χ1n) is 19.8. The van der Waals surface area contributed by atoms with Gasteiger partial charge in [-0.1, -0.05) is 19.9 Å². The maximum Gasteiger partial charge on any atom is 0.201 e. The van der Waals surface area contributed by atoms with Crippen LogP contribution >= 0.6 is 0 Å². The smallest absolute Gasteiger partial charge is 0.201 e. The number of aliphatic hydroxyl groups is 1. The van der Waals surface area contributed by atoms with Gasteiger partial charge in [0.2, 0.25) is 5.78 Å². The van der Waals surface area contributed by atoms with E-state index in [1.807, 2.05) is 13.8 Å². The van der Waals surface area contributed by atoms with Crippen LogP contribution in [0.3, 0.4) is 0 Å². The van der Waals surface area contributed by atoms with Gasteiger partial charge >= 0.3 is 0 Å². The van der Waals surface area contributed by atoms with Gasteiger partial charge in [-0.15, -0.1) is 0 Å². The Bertz CT molecular complexity index is 1630. The lowest BCUT2D eigenvalue weighted by Crippen LogP contribution is -2.51. The number of aliphatic hydroxyl groups excluding tert-OH is 1. The number of nitrogens with zero attached hydrogens (tertiary/aromatic N) is 2. The van der Waals surface area contributed by atoms with E-state index in [1.54, 1.807) is 19.3 Å². The minimum Gasteiger partial charge on any atom is -0.507 e. The van der Waals surface area contributed by atoms with Gasteiger partial charge in [0.15, 0.2) is 12.1 Å². The average Bonchev–Trinajstić information content (AvgIpc) is 3.58. The number of morpholine rings is 1. The van der Waals surface area contributed by atoms with Crippen LogP contribution in [0.2, 0.25) is 0 Å². The molecule has 5 atom stereocenters. The Morgan fingerprint density at radius 1 is 0.982 bits per heavy atom. The Balaban J connectivity index is 0.000000285. The largest absolute Gasteiger partial charge is 0.507 e. The highest BCUT2D eigenvalue weighted by molar-refractivity contribution is 6.33. The maximum atomic E-state index is 13.5. The van der Waals surface area contributed by atoms with Crippen molar-refractivity contribution in [2.24, 2.45) is 5.92 Å². The summed E-state index contributed by atoms with van der Waals surface area (Å²) < 4.78 is 20.4. The number of nitriles is 1. The molecule has 4 fully saturated rings. The number of piperazine rings is 1. The molecule has 310 valence electrons. The zero-order chi connectivity index (χ0) is 40.8. The predicted molar refractivity (Wildman–Crippen MR) is 207 cm³/mol. The predicted octanol–water partition coefficient (Wildman–Crippen LogP) is 4.61. The van der Waals surface area contributed by atoms with E-state index in [0.717, 1.165) is 57.8 Å². The molecule has 0 radical (unpaired) electrons. The van der Waals surface area contributed by atoms with E-state index in [0.29, 0.717) is 67.7 Å². The summed E-state index contributed by atoms with van der Waals surface area (Å²) in [6, 6.07) is 2.52. The molecule has 0 aromatic heterocycles. The average molecular weight is 785 g/mol. The number of likely N-dealkylation sites (tertiary alicyclic amines) is 1. The number of benzene rings is 1. The second-order valence-corrected chi connectivity index (χ2v) is 14.2. The van der Waals surface area contributed by atoms with E-state index in [1.165, 1.54) is 33.1 Å². The molecule has 1 aromatic rings. The standard InChI is InChI=1S/C27H30N2O7.C6H12O2.C4H9NO2.C2H3N.C2H6/c1-35-20-4-2-3-17-21(20)27(33)23-22(25(17)31)26(32)18-9-13(5-8-16(18)24(23)30)19(12-36-34)29-10-14-6-7-15(11-29)28-14;1-7-6-4-2-3-5-8-6;6-4-3-7-2-1-5-4;1-2-3;1-2/h3,12-15,28,30,32,34H,2,4-11H2,1H3;6H,2-5H2,1H3;4-6H,1-3H2;1H3;1-2H3/b19-12+;;;;. The highest BCUT2D eigenvalue weighted by atomic mass is 17.1. The van der Waals surface area contributed by atoms with Gasteiger partial charge in [-0.05, 0) is 57.8 Å². The van der Waals surface area contributed by atoms with Gasteiger partial charge in [-0.2, -0.15) is 5.26 Å².